The lowest BCUT2D eigenvalue weighted by molar-refractivity contribution is 0.0313. The van der Waals surface area contributed by atoms with E-state index in [0.717, 1.165) is 31.6 Å². The van der Waals surface area contributed by atoms with Gasteiger partial charge in [0.2, 0.25) is 0 Å². The molecule has 1 N–H and O–H groups in total. The van der Waals surface area contributed by atoms with E-state index >= 15 is 0 Å². The summed E-state index contributed by atoms with van der Waals surface area (Å²) in [5.74, 6) is 2.08. The molecule has 6 nitrogen and oxygen atoms in total. The predicted octanol–water partition coefficient (Wildman–Crippen LogP) is 3.78. The van der Waals surface area contributed by atoms with Crippen LogP contribution < -0.4 is 14.2 Å². The van der Waals surface area contributed by atoms with E-state index in [9.17, 15) is 5.11 Å². The molecule has 0 spiro atoms. The number of rotatable bonds is 11. The van der Waals surface area contributed by atoms with Crippen LogP contribution in [0.2, 0.25) is 5.02 Å². The molecule has 30 heavy (non-hydrogen) atoms. The number of aliphatic hydroxyl groups excluding tert-OH is 1. The summed E-state index contributed by atoms with van der Waals surface area (Å²) >= 11 is 5.90. The largest absolute Gasteiger partial charge is 0.493 e. The van der Waals surface area contributed by atoms with Gasteiger partial charge >= 0.3 is 0 Å². The van der Waals surface area contributed by atoms with Crippen molar-refractivity contribution in [2.24, 2.45) is 0 Å². The fraction of sp³-hybridized carbons (Fsp3) is 0.478. The first-order valence-electron chi connectivity index (χ1n) is 10.2. The molecular weight excluding hydrogens is 406 g/mol. The topological polar surface area (TPSA) is 60.4 Å². The smallest absolute Gasteiger partial charge is 0.161 e. The van der Waals surface area contributed by atoms with Crippen LogP contribution in [0.1, 0.15) is 18.4 Å². The first-order valence-corrected chi connectivity index (χ1v) is 10.6. The van der Waals surface area contributed by atoms with Gasteiger partial charge in [0.25, 0.3) is 0 Å². The zero-order valence-electron chi connectivity index (χ0n) is 17.6. The average molecular weight is 436 g/mol. The number of aliphatic hydroxyl groups is 1. The lowest BCUT2D eigenvalue weighted by atomic mass is 10.1. The minimum atomic E-state index is -0.637. The highest BCUT2D eigenvalue weighted by atomic mass is 35.5. The van der Waals surface area contributed by atoms with Crippen molar-refractivity contribution in [3.8, 4) is 17.2 Å². The van der Waals surface area contributed by atoms with Gasteiger partial charge in [-0.3, -0.25) is 4.90 Å². The Morgan fingerprint density at radius 2 is 1.90 bits per heavy atom. The molecule has 0 aromatic heterocycles. The van der Waals surface area contributed by atoms with Crippen LogP contribution in [0, 0.1) is 0 Å². The Kier molecular flexibility index (Phi) is 8.63. The van der Waals surface area contributed by atoms with Crippen molar-refractivity contribution in [1.29, 1.82) is 0 Å². The van der Waals surface area contributed by atoms with Crippen molar-refractivity contribution >= 4 is 11.6 Å². The number of hydrogen-bond donors (Lipinski definition) is 1. The quantitative estimate of drug-likeness (QED) is 0.579. The zero-order chi connectivity index (χ0) is 21.3. The van der Waals surface area contributed by atoms with Gasteiger partial charge in [-0.15, -0.1) is 0 Å². The molecule has 2 aromatic rings. The van der Waals surface area contributed by atoms with Crippen molar-refractivity contribution in [2.45, 2.75) is 31.6 Å². The summed E-state index contributed by atoms with van der Waals surface area (Å²) < 4.78 is 22.3. The fourth-order valence-corrected chi connectivity index (χ4v) is 3.72. The molecule has 2 aromatic carbocycles. The highest BCUT2D eigenvalue weighted by Crippen LogP contribution is 2.28. The van der Waals surface area contributed by atoms with Crippen molar-refractivity contribution in [3.05, 3.63) is 53.1 Å². The van der Waals surface area contributed by atoms with Gasteiger partial charge in [0, 0.05) is 31.3 Å². The van der Waals surface area contributed by atoms with Gasteiger partial charge in [0.05, 0.1) is 20.3 Å². The molecule has 1 aliphatic rings. The van der Waals surface area contributed by atoms with Crippen molar-refractivity contribution in [1.82, 2.24) is 4.90 Å². The Morgan fingerprint density at radius 3 is 2.57 bits per heavy atom. The van der Waals surface area contributed by atoms with E-state index < -0.39 is 6.10 Å². The third-order valence-corrected chi connectivity index (χ3v) is 5.32. The van der Waals surface area contributed by atoms with E-state index in [2.05, 4.69) is 4.90 Å². The number of halogens is 1. The Morgan fingerprint density at radius 1 is 1.13 bits per heavy atom. The number of benzene rings is 2. The summed E-state index contributed by atoms with van der Waals surface area (Å²) in [5, 5.41) is 11.2. The van der Waals surface area contributed by atoms with E-state index in [1.165, 1.54) is 0 Å². The molecule has 7 heteroatoms. The van der Waals surface area contributed by atoms with Gasteiger partial charge in [0.15, 0.2) is 11.5 Å². The minimum absolute atomic E-state index is 0.189. The Balaban J connectivity index is 1.61. The SMILES string of the molecule is COc1ccc(CN(C[C@@H](O)COc2ccc(Cl)cc2)C[C@H]2CCCO2)cc1OC. The molecule has 1 aliphatic heterocycles. The van der Waals surface area contributed by atoms with Gasteiger partial charge in [-0.1, -0.05) is 17.7 Å². The van der Waals surface area contributed by atoms with Crippen LogP contribution in [0.15, 0.2) is 42.5 Å². The fourth-order valence-electron chi connectivity index (χ4n) is 3.59. The molecule has 1 fully saturated rings. The zero-order valence-corrected chi connectivity index (χ0v) is 18.3. The molecule has 1 heterocycles. The number of nitrogens with zero attached hydrogens (tertiary/aromatic N) is 1. The molecular formula is C23H30ClNO5. The number of ether oxygens (including phenoxy) is 4. The number of methoxy groups -OCH3 is 2. The van der Waals surface area contributed by atoms with E-state index in [4.69, 9.17) is 30.5 Å². The van der Waals surface area contributed by atoms with E-state index in [1.54, 1.807) is 38.5 Å². The highest BCUT2D eigenvalue weighted by Gasteiger charge is 2.22. The molecule has 1 saturated heterocycles. The molecule has 0 radical (unpaired) electrons. The van der Waals surface area contributed by atoms with Crippen molar-refractivity contribution in [3.63, 3.8) is 0 Å². The normalized spacial score (nSPS) is 17.2. The monoisotopic (exact) mass is 435 g/mol. The standard InChI is InChI=1S/C23H30ClNO5/c1-27-22-10-5-17(12-23(22)28-2)13-25(15-21-4-3-11-29-21)14-19(26)16-30-20-8-6-18(24)7-9-20/h5-10,12,19,21,26H,3-4,11,13-16H2,1-2H3/t19-,21-/m1/s1. The highest BCUT2D eigenvalue weighted by molar-refractivity contribution is 6.30. The maximum absolute atomic E-state index is 10.6. The minimum Gasteiger partial charge on any atom is -0.493 e. The summed E-state index contributed by atoms with van der Waals surface area (Å²) in [5.41, 5.74) is 1.08. The van der Waals surface area contributed by atoms with Gasteiger partial charge in [0.1, 0.15) is 18.5 Å². The van der Waals surface area contributed by atoms with Crippen LogP contribution in [0.4, 0.5) is 0 Å². The Labute approximate surface area is 183 Å². The predicted molar refractivity (Wildman–Crippen MR) is 117 cm³/mol. The van der Waals surface area contributed by atoms with Crippen molar-refractivity contribution in [2.75, 3.05) is 40.5 Å². The lowest BCUT2D eigenvalue weighted by Gasteiger charge is -2.27. The van der Waals surface area contributed by atoms with E-state index in [1.807, 2.05) is 18.2 Å². The van der Waals surface area contributed by atoms with Gasteiger partial charge in [-0.2, -0.15) is 0 Å². The van der Waals surface area contributed by atoms with Crippen LogP contribution in [0.3, 0.4) is 0 Å². The van der Waals surface area contributed by atoms with E-state index in [-0.39, 0.29) is 12.7 Å². The maximum Gasteiger partial charge on any atom is 0.161 e. The second kappa shape index (κ2) is 11.4. The summed E-state index contributed by atoms with van der Waals surface area (Å²) in [6, 6.07) is 13.0. The maximum atomic E-state index is 10.6. The Bertz CT molecular complexity index is 780. The van der Waals surface area contributed by atoms with Crippen LogP contribution in [-0.4, -0.2) is 62.7 Å². The van der Waals surface area contributed by atoms with Gasteiger partial charge in [-0.25, -0.2) is 0 Å². The Hall–Kier alpha value is -1.99. The molecule has 3 rings (SSSR count). The van der Waals surface area contributed by atoms with Crippen LogP contribution in [0.25, 0.3) is 0 Å². The van der Waals surface area contributed by atoms with Gasteiger partial charge < -0.3 is 24.1 Å². The summed E-state index contributed by atoms with van der Waals surface area (Å²) in [6.07, 6.45) is 1.67. The molecule has 0 aliphatic carbocycles. The molecule has 164 valence electrons. The second-order valence-electron chi connectivity index (χ2n) is 7.44. The van der Waals surface area contributed by atoms with Crippen LogP contribution >= 0.6 is 11.6 Å². The molecule has 2 atom stereocenters. The third-order valence-electron chi connectivity index (χ3n) is 5.06. The molecule has 0 unspecified atom stereocenters. The van der Waals surface area contributed by atoms with E-state index in [0.29, 0.717) is 35.4 Å². The molecule has 0 amide bonds. The summed E-state index contributed by atoms with van der Waals surface area (Å²) in [7, 11) is 3.25. The van der Waals surface area contributed by atoms with Gasteiger partial charge in [-0.05, 0) is 54.8 Å². The second-order valence-corrected chi connectivity index (χ2v) is 7.87. The molecule has 0 saturated carbocycles. The number of hydrogen-bond acceptors (Lipinski definition) is 6. The third kappa shape index (κ3) is 6.77. The summed E-state index contributed by atoms with van der Waals surface area (Å²) in [4.78, 5) is 2.20. The average Bonchev–Trinajstić information content (AvgIpc) is 3.26. The first-order chi connectivity index (χ1) is 14.6. The van der Waals surface area contributed by atoms with Crippen LogP contribution in [0.5, 0.6) is 17.2 Å². The van der Waals surface area contributed by atoms with Crippen molar-refractivity contribution < 1.29 is 24.1 Å². The van der Waals surface area contributed by atoms with Crippen LogP contribution in [-0.2, 0) is 11.3 Å². The molecule has 0 bridgehead atoms. The summed E-state index contributed by atoms with van der Waals surface area (Å²) in [6.45, 7) is 2.90. The first kappa shape index (κ1) is 22.7. The lowest BCUT2D eigenvalue weighted by Crippen LogP contribution is -2.39.